The minimum atomic E-state index is -3.70. The molecule has 0 aliphatic heterocycles. The summed E-state index contributed by atoms with van der Waals surface area (Å²) in [7, 11) is -3.70. The number of carbonyl (C=O) groups excluding carboxylic acids is 1. The van der Waals surface area contributed by atoms with Crippen LogP contribution in [0.15, 0.2) is 29.2 Å². The molecule has 0 radical (unpaired) electrons. The van der Waals surface area contributed by atoms with Crippen molar-refractivity contribution in [2.24, 2.45) is 0 Å². The highest BCUT2D eigenvalue weighted by Crippen LogP contribution is 2.13. The Morgan fingerprint density at radius 2 is 1.68 bits per heavy atom. The lowest BCUT2D eigenvalue weighted by Gasteiger charge is -2.07. The second-order valence-electron chi connectivity index (χ2n) is 6.31. The first-order valence-electron chi connectivity index (χ1n) is 9.18. The van der Waals surface area contributed by atoms with E-state index >= 15 is 0 Å². The molecule has 1 aromatic carbocycles. The van der Waals surface area contributed by atoms with Gasteiger partial charge >= 0.3 is 0 Å². The van der Waals surface area contributed by atoms with Crippen LogP contribution in [0, 0.1) is 6.92 Å². The third-order valence-electron chi connectivity index (χ3n) is 3.95. The molecule has 0 saturated heterocycles. The Labute approximate surface area is 152 Å². The second kappa shape index (κ2) is 12.0. The first-order chi connectivity index (χ1) is 12.0. The molecule has 0 heterocycles. The molecule has 5 nitrogen and oxygen atoms in total. The average Bonchev–Trinajstić information content (AvgIpc) is 2.58. The third kappa shape index (κ3) is 9.60. The van der Waals surface area contributed by atoms with Gasteiger partial charge in [-0.1, -0.05) is 50.3 Å². The third-order valence-corrected chi connectivity index (χ3v) is 5.28. The maximum Gasteiger partial charge on any atom is 0.296 e. The Kier molecular flexibility index (Phi) is 10.4. The van der Waals surface area contributed by atoms with E-state index in [1.165, 1.54) is 19.3 Å². The van der Waals surface area contributed by atoms with Gasteiger partial charge in [0.2, 0.25) is 5.91 Å². The van der Waals surface area contributed by atoms with Crippen molar-refractivity contribution in [3.05, 3.63) is 29.8 Å². The van der Waals surface area contributed by atoms with E-state index in [4.69, 9.17) is 4.18 Å². The number of benzene rings is 1. The van der Waals surface area contributed by atoms with Crippen molar-refractivity contribution in [1.82, 2.24) is 5.32 Å². The van der Waals surface area contributed by atoms with E-state index in [1.807, 2.05) is 6.92 Å². The Hall–Kier alpha value is -1.40. The quantitative estimate of drug-likeness (QED) is 0.422. The highest BCUT2D eigenvalue weighted by Gasteiger charge is 2.14. The van der Waals surface area contributed by atoms with Gasteiger partial charge in [-0.15, -0.1) is 0 Å². The van der Waals surface area contributed by atoms with Crippen molar-refractivity contribution >= 4 is 16.0 Å². The van der Waals surface area contributed by atoms with Crippen molar-refractivity contribution < 1.29 is 17.4 Å². The van der Waals surface area contributed by atoms with Crippen LogP contribution in [0.4, 0.5) is 0 Å². The summed E-state index contributed by atoms with van der Waals surface area (Å²) in [6, 6.07) is 6.56. The molecular weight excluding hydrogens is 338 g/mol. The van der Waals surface area contributed by atoms with E-state index in [1.54, 1.807) is 24.3 Å². The van der Waals surface area contributed by atoms with Crippen LogP contribution < -0.4 is 5.32 Å². The maximum absolute atomic E-state index is 12.0. The van der Waals surface area contributed by atoms with Crippen molar-refractivity contribution in [2.75, 3.05) is 13.2 Å². The first-order valence-corrected chi connectivity index (χ1v) is 10.6. The van der Waals surface area contributed by atoms with Gasteiger partial charge in [-0.2, -0.15) is 8.42 Å². The Morgan fingerprint density at radius 3 is 2.36 bits per heavy atom. The van der Waals surface area contributed by atoms with Crippen LogP contribution in [-0.2, 0) is 19.1 Å². The molecule has 142 valence electrons. The average molecular weight is 370 g/mol. The summed E-state index contributed by atoms with van der Waals surface area (Å²) in [5.74, 6) is 0.0249. The van der Waals surface area contributed by atoms with Gasteiger partial charge in [0, 0.05) is 13.0 Å². The maximum atomic E-state index is 12.0. The monoisotopic (exact) mass is 369 g/mol. The number of carbonyl (C=O) groups is 1. The molecule has 0 aliphatic rings. The molecule has 25 heavy (non-hydrogen) atoms. The molecule has 1 aromatic rings. The predicted molar refractivity (Wildman–Crippen MR) is 99.9 cm³/mol. The summed E-state index contributed by atoms with van der Waals surface area (Å²) in [6.07, 6.45) is 7.41. The summed E-state index contributed by atoms with van der Waals surface area (Å²) >= 11 is 0. The van der Waals surface area contributed by atoms with Crippen molar-refractivity contribution in [3.63, 3.8) is 0 Å². The molecule has 1 rings (SSSR count). The Balaban J connectivity index is 2.11. The predicted octanol–water partition coefficient (Wildman–Crippen LogP) is 3.96. The first kappa shape index (κ1) is 21.6. The summed E-state index contributed by atoms with van der Waals surface area (Å²) in [5, 5.41) is 2.90. The topological polar surface area (TPSA) is 72.5 Å². The fraction of sp³-hybridized carbons (Fsp3) is 0.632. The number of rotatable bonds is 13. The van der Waals surface area contributed by atoms with Crippen LogP contribution in [0.1, 0.15) is 63.9 Å². The van der Waals surface area contributed by atoms with E-state index in [9.17, 15) is 13.2 Å². The van der Waals surface area contributed by atoms with Crippen LogP contribution in [0.3, 0.4) is 0 Å². The van der Waals surface area contributed by atoms with E-state index in [0.29, 0.717) is 19.3 Å². The van der Waals surface area contributed by atoms with Crippen LogP contribution in [0.5, 0.6) is 0 Å². The van der Waals surface area contributed by atoms with Crippen molar-refractivity contribution in [1.29, 1.82) is 0 Å². The summed E-state index contributed by atoms with van der Waals surface area (Å²) in [5.41, 5.74) is 0.996. The summed E-state index contributed by atoms with van der Waals surface area (Å²) in [6.45, 7) is 4.90. The normalized spacial score (nSPS) is 11.4. The van der Waals surface area contributed by atoms with Crippen molar-refractivity contribution in [2.45, 2.75) is 70.1 Å². The minimum absolute atomic E-state index is 0.0249. The van der Waals surface area contributed by atoms with Gasteiger partial charge in [-0.3, -0.25) is 8.98 Å². The molecule has 0 atom stereocenters. The summed E-state index contributed by atoms with van der Waals surface area (Å²) in [4.78, 5) is 11.8. The van der Waals surface area contributed by atoms with Gasteiger partial charge < -0.3 is 5.32 Å². The van der Waals surface area contributed by atoms with E-state index < -0.39 is 10.1 Å². The Morgan fingerprint density at radius 1 is 1.00 bits per heavy atom. The van der Waals surface area contributed by atoms with Crippen LogP contribution in [-0.4, -0.2) is 27.5 Å². The lowest BCUT2D eigenvalue weighted by Crippen LogP contribution is -2.24. The van der Waals surface area contributed by atoms with Gasteiger partial charge in [0.1, 0.15) is 0 Å². The molecule has 0 bridgehead atoms. The highest BCUT2D eigenvalue weighted by molar-refractivity contribution is 7.86. The zero-order valence-electron chi connectivity index (χ0n) is 15.4. The zero-order valence-corrected chi connectivity index (χ0v) is 16.2. The fourth-order valence-electron chi connectivity index (χ4n) is 2.37. The molecule has 0 fully saturated rings. The number of nitrogens with one attached hydrogen (secondary N) is 1. The van der Waals surface area contributed by atoms with Gasteiger partial charge in [0.25, 0.3) is 10.1 Å². The number of aryl methyl sites for hydroxylation is 1. The number of unbranched alkanes of at least 4 members (excludes halogenated alkanes) is 5. The van der Waals surface area contributed by atoms with Crippen LogP contribution in [0.25, 0.3) is 0 Å². The Bertz CT molecular complexity index is 596. The van der Waals surface area contributed by atoms with Crippen LogP contribution in [0.2, 0.25) is 0 Å². The van der Waals surface area contributed by atoms with E-state index in [0.717, 1.165) is 24.9 Å². The summed E-state index contributed by atoms with van der Waals surface area (Å²) < 4.78 is 29.0. The van der Waals surface area contributed by atoms with Gasteiger partial charge in [0.05, 0.1) is 11.5 Å². The molecule has 0 spiro atoms. The lowest BCUT2D eigenvalue weighted by molar-refractivity contribution is -0.121. The molecule has 1 amide bonds. The molecule has 0 aliphatic carbocycles. The van der Waals surface area contributed by atoms with E-state index in [2.05, 4.69) is 12.2 Å². The van der Waals surface area contributed by atoms with Gasteiger partial charge in [-0.25, -0.2) is 0 Å². The molecule has 6 heteroatoms. The standard InChI is InChI=1S/C19H31NO4S/c1-3-4-5-6-8-15-20-19(21)10-7-9-16-24-25(22,23)18-13-11-17(2)12-14-18/h11-14H,3-10,15-16H2,1-2H3,(H,20,21). The van der Waals surface area contributed by atoms with Gasteiger partial charge in [-0.05, 0) is 38.3 Å². The SMILES string of the molecule is CCCCCCCNC(=O)CCCCOS(=O)(=O)c1ccc(C)cc1. The number of amides is 1. The highest BCUT2D eigenvalue weighted by atomic mass is 32.2. The largest absolute Gasteiger partial charge is 0.356 e. The zero-order chi connectivity index (χ0) is 18.5. The van der Waals surface area contributed by atoms with Gasteiger partial charge in [0.15, 0.2) is 0 Å². The molecule has 1 N–H and O–H groups in total. The number of hydrogen-bond acceptors (Lipinski definition) is 4. The van der Waals surface area contributed by atoms with Crippen LogP contribution >= 0.6 is 0 Å². The minimum Gasteiger partial charge on any atom is -0.356 e. The molecule has 0 aromatic heterocycles. The second-order valence-corrected chi connectivity index (χ2v) is 7.93. The molecular formula is C19H31NO4S. The van der Waals surface area contributed by atoms with Crippen molar-refractivity contribution in [3.8, 4) is 0 Å². The smallest absolute Gasteiger partial charge is 0.296 e. The fourth-order valence-corrected chi connectivity index (χ4v) is 3.32. The molecule has 0 unspecified atom stereocenters. The number of hydrogen-bond donors (Lipinski definition) is 1. The molecule has 0 saturated carbocycles. The lowest BCUT2D eigenvalue weighted by atomic mass is 10.1. The van der Waals surface area contributed by atoms with E-state index in [-0.39, 0.29) is 17.4 Å².